The van der Waals surface area contributed by atoms with E-state index in [-0.39, 0.29) is 5.69 Å². The number of rotatable bonds is 3. The number of benzene rings is 1. The number of aromatic nitrogens is 2. The molecule has 0 fully saturated rings. The summed E-state index contributed by atoms with van der Waals surface area (Å²) < 4.78 is 2.22. The van der Waals surface area contributed by atoms with Crippen LogP contribution in [0.2, 0.25) is 10.0 Å². The van der Waals surface area contributed by atoms with Crippen molar-refractivity contribution in [3.8, 4) is 0 Å². The number of carbonyl (C=O) groups is 1. The first-order valence-corrected chi connectivity index (χ1v) is 7.62. The molecule has 0 aliphatic rings. The number of carbonyl (C=O) groups excluding carboxylic acids is 1. The van der Waals surface area contributed by atoms with Gasteiger partial charge >= 0.3 is 5.97 Å². The third kappa shape index (κ3) is 3.96. The highest BCUT2D eigenvalue weighted by molar-refractivity contribution is 14.1. The van der Waals surface area contributed by atoms with Crippen molar-refractivity contribution in [2.24, 2.45) is 12.2 Å². The molecule has 0 saturated carbocycles. The van der Waals surface area contributed by atoms with E-state index >= 15 is 0 Å². The summed E-state index contributed by atoms with van der Waals surface area (Å²) in [6.07, 6.45) is 1.71. The Morgan fingerprint density at radius 1 is 1.43 bits per heavy atom. The summed E-state index contributed by atoms with van der Waals surface area (Å²) in [6.45, 7) is 1.69. The average Bonchev–Trinajstić information content (AvgIpc) is 2.74. The Hall–Kier alpha value is -1.12. The Kier molecular flexibility index (Phi) is 5.23. The third-order valence-electron chi connectivity index (χ3n) is 2.56. The molecule has 1 heterocycles. The lowest BCUT2D eigenvalue weighted by molar-refractivity contribution is 0.0507. The van der Waals surface area contributed by atoms with Gasteiger partial charge in [-0.2, -0.15) is 5.10 Å². The zero-order valence-electron chi connectivity index (χ0n) is 11.1. The molecule has 2 aromatic rings. The Bertz CT molecular complexity index is 728. The highest BCUT2D eigenvalue weighted by Crippen LogP contribution is 2.21. The quantitative estimate of drug-likeness (QED) is 0.316. The summed E-state index contributed by atoms with van der Waals surface area (Å²) in [7, 11) is 1.72. The molecule has 0 unspecified atom stereocenters. The van der Waals surface area contributed by atoms with Crippen LogP contribution in [0.4, 0.5) is 0 Å². The van der Waals surface area contributed by atoms with E-state index in [1.54, 1.807) is 38.4 Å². The van der Waals surface area contributed by atoms with Crippen LogP contribution in [0.1, 0.15) is 23.0 Å². The highest BCUT2D eigenvalue weighted by atomic mass is 127. The molecule has 0 bridgehead atoms. The Morgan fingerprint density at radius 2 is 2.14 bits per heavy atom. The average molecular weight is 438 g/mol. The van der Waals surface area contributed by atoms with E-state index < -0.39 is 5.97 Å². The minimum absolute atomic E-state index is 0.219. The van der Waals surface area contributed by atoms with E-state index in [4.69, 9.17) is 28.0 Å². The molecule has 2 rings (SSSR count). The van der Waals surface area contributed by atoms with Crippen LogP contribution in [0, 0.1) is 3.57 Å². The minimum atomic E-state index is -0.621. The zero-order chi connectivity index (χ0) is 15.6. The normalized spacial score (nSPS) is 11.6. The third-order valence-corrected chi connectivity index (χ3v) is 3.90. The number of hydrogen-bond donors (Lipinski definition) is 0. The summed E-state index contributed by atoms with van der Waals surface area (Å²) >= 11 is 13.9. The largest absolute Gasteiger partial charge is 0.386 e. The van der Waals surface area contributed by atoms with Crippen molar-refractivity contribution in [2.75, 3.05) is 0 Å². The van der Waals surface area contributed by atoms with E-state index in [1.807, 2.05) is 22.6 Å². The maximum atomic E-state index is 11.9. The molecule has 0 amide bonds. The molecule has 0 saturated heterocycles. The van der Waals surface area contributed by atoms with Crippen molar-refractivity contribution in [3.05, 3.63) is 49.3 Å². The topological polar surface area (TPSA) is 56.5 Å². The number of aryl methyl sites for hydroxylation is 1. The van der Waals surface area contributed by atoms with Crippen LogP contribution in [0.5, 0.6) is 0 Å². The molecule has 1 aromatic heterocycles. The molecule has 8 heteroatoms. The monoisotopic (exact) mass is 437 g/mol. The van der Waals surface area contributed by atoms with Gasteiger partial charge in [-0.25, -0.2) is 4.79 Å². The summed E-state index contributed by atoms with van der Waals surface area (Å²) in [5.41, 5.74) is 1.33. The van der Waals surface area contributed by atoms with Crippen molar-refractivity contribution in [3.63, 3.8) is 0 Å². The lowest BCUT2D eigenvalue weighted by atomic mass is 10.1. The Morgan fingerprint density at radius 3 is 2.71 bits per heavy atom. The van der Waals surface area contributed by atoms with Gasteiger partial charge < -0.3 is 4.84 Å². The Labute approximate surface area is 145 Å². The van der Waals surface area contributed by atoms with Crippen LogP contribution in [-0.2, 0) is 11.9 Å². The van der Waals surface area contributed by atoms with Crippen molar-refractivity contribution < 1.29 is 9.63 Å². The SMILES string of the molecule is C/C(=N/OC(=O)c1nn(C)cc1I)c1ccc(Cl)cc1Cl. The van der Waals surface area contributed by atoms with E-state index in [1.165, 1.54) is 4.68 Å². The second kappa shape index (κ2) is 6.76. The molecular weight excluding hydrogens is 428 g/mol. The first-order valence-electron chi connectivity index (χ1n) is 5.79. The first kappa shape index (κ1) is 16.3. The smallest absolute Gasteiger partial charge is 0.311 e. The van der Waals surface area contributed by atoms with Gasteiger partial charge in [-0.05, 0) is 41.6 Å². The summed E-state index contributed by atoms with van der Waals surface area (Å²) in [6, 6.07) is 4.99. The summed E-state index contributed by atoms with van der Waals surface area (Å²) in [5.74, 6) is -0.621. The van der Waals surface area contributed by atoms with Gasteiger partial charge in [0.05, 0.1) is 14.3 Å². The van der Waals surface area contributed by atoms with E-state index in [0.717, 1.165) is 0 Å². The molecule has 1 aromatic carbocycles. The van der Waals surface area contributed by atoms with Crippen molar-refractivity contribution in [2.45, 2.75) is 6.92 Å². The fourth-order valence-electron chi connectivity index (χ4n) is 1.58. The van der Waals surface area contributed by atoms with Gasteiger partial charge in [0.15, 0.2) is 5.69 Å². The van der Waals surface area contributed by atoms with E-state index in [0.29, 0.717) is 24.9 Å². The fraction of sp³-hybridized carbons (Fsp3) is 0.154. The lowest BCUT2D eigenvalue weighted by Gasteiger charge is -2.03. The number of hydrogen-bond acceptors (Lipinski definition) is 4. The molecule has 0 aliphatic carbocycles. The summed E-state index contributed by atoms with van der Waals surface area (Å²) in [5, 5.41) is 8.77. The standard InChI is InChI=1S/C13H10Cl2IN3O2/c1-7(9-4-3-8(14)5-10(9)15)18-21-13(20)12-11(16)6-19(2)17-12/h3-6H,1-2H3/b18-7-. The van der Waals surface area contributed by atoms with Crippen LogP contribution >= 0.6 is 45.8 Å². The molecule has 0 atom stereocenters. The van der Waals surface area contributed by atoms with Crippen LogP contribution in [0.15, 0.2) is 29.6 Å². The molecule has 110 valence electrons. The Balaban J connectivity index is 2.17. The fourth-order valence-corrected chi connectivity index (χ4v) is 2.86. The molecule has 21 heavy (non-hydrogen) atoms. The lowest BCUT2D eigenvalue weighted by Crippen LogP contribution is -2.07. The van der Waals surface area contributed by atoms with Crippen LogP contribution < -0.4 is 0 Å². The first-order chi connectivity index (χ1) is 9.88. The van der Waals surface area contributed by atoms with Gasteiger partial charge in [0.25, 0.3) is 0 Å². The molecule has 0 N–H and O–H groups in total. The van der Waals surface area contributed by atoms with Crippen molar-refractivity contribution in [1.82, 2.24) is 9.78 Å². The predicted molar refractivity (Wildman–Crippen MR) is 90.0 cm³/mol. The number of halogens is 3. The van der Waals surface area contributed by atoms with Crippen molar-refractivity contribution >= 4 is 57.5 Å². The van der Waals surface area contributed by atoms with Gasteiger partial charge in [-0.15, -0.1) is 0 Å². The molecule has 0 radical (unpaired) electrons. The van der Waals surface area contributed by atoms with Gasteiger partial charge in [-0.1, -0.05) is 34.4 Å². The van der Waals surface area contributed by atoms with Crippen LogP contribution in [0.3, 0.4) is 0 Å². The van der Waals surface area contributed by atoms with Gasteiger partial charge in [0.2, 0.25) is 0 Å². The van der Waals surface area contributed by atoms with Gasteiger partial charge in [0, 0.05) is 23.8 Å². The maximum Gasteiger partial charge on any atom is 0.386 e. The molecule has 0 spiro atoms. The van der Waals surface area contributed by atoms with E-state index in [9.17, 15) is 4.79 Å². The molecule has 0 aliphatic heterocycles. The number of oxime groups is 1. The summed E-state index contributed by atoms with van der Waals surface area (Å²) in [4.78, 5) is 16.8. The zero-order valence-corrected chi connectivity index (χ0v) is 14.8. The maximum absolute atomic E-state index is 11.9. The van der Waals surface area contributed by atoms with Crippen LogP contribution in [-0.4, -0.2) is 21.5 Å². The van der Waals surface area contributed by atoms with Gasteiger partial charge in [0.1, 0.15) is 0 Å². The van der Waals surface area contributed by atoms with Gasteiger partial charge in [-0.3, -0.25) is 4.68 Å². The molecular formula is C13H10Cl2IN3O2. The van der Waals surface area contributed by atoms with E-state index in [2.05, 4.69) is 10.3 Å². The molecule has 5 nitrogen and oxygen atoms in total. The van der Waals surface area contributed by atoms with Crippen LogP contribution in [0.25, 0.3) is 0 Å². The second-order valence-electron chi connectivity index (χ2n) is 4.18. The van der Waals surface area contributed by atoms with Crippen molar-refractivity contribution in [1.29, 1.82) is 0 Å². The minimum Gasteiger partial charge on any atom is -0.311 e. The predicted octanol–water partition coefficient (Wildman–Crippen LogP) is 3.91. The second-order valence-corrected chi connectivity index (χ2v) is 6.18. The number of nitrogens with zero attached hydrogens (tertiary/aromatic N) is 3. The highest BCUT2D eigenvalue weighted by Gasteiger charge is 2.16.